The molecule has 0 spiro atoms. The molecule has 1 aromatic rings. The van der Waals surface area contributed by atoms with E-state index < -0.39 is 0 Å². The fourth-order valence-corrected chi connectivity index (χ4v) is 3.53. The minimum Gasteiger partial charge on any atom is -0.373 e. The van der Waals surface area contributed by atoms with Gasteiger partial charge in [-0.2, -0.15) is 0 Å². The molecule has 4 heteroatoms. The number of amides is 1. The Morgan fingerprint density at radius 3 is 2.90 bits per heavy atom. The lowest BCUT2D eigenvalue weighted by Crippen LogP contribution is -2.49. The number of nitrogens with zero attached hydrogens (tertiary/aromatic N) is 2. The van der Waals surface area contributed by atoms with E-state index in [1.165, 1.54) is 5.56 Å². The van der Waals surface area contributed by atoms with Gasteiger partial charge in [0.2, 0.25) is 5.91 Å². The number of para-hydroxylation sites is 1. The number of carbonyl (C=O) groups is 1. The monoisotopic (exact) mass is 287 g/mol. The molecule has 0 radical (unpaired) electrons. The van der Waals surface area contributed by atoms with Gasteiger partial charge in [0.25, 0.3) is 0 Å². The van der Waals surface area contributed by atoms with Crippen molar-refractivity contribution in [3.8, 4) is 0 Å². The van der Waals surface area contributed by atoms with Gasteiger partial charge in [0, 0.05) is 31.2 Å². The summed E-state index contributed by atoms with van der Waals surface area (Å²) >= 11 is 0. The molecule has 1 saturated heterocycles. The maximum Gasteiger partial charge on any atom is 0.245 e. The summed E-state index contributed by atoms with van der Waals surface area (Å²) in [4.78, 5) is 17.4. The van der Waals surface area contributed by atoms with Crippen molar-refractivity contribution in [3.63, 3.8) is 0 Å². The van der Waals surface area contributed by atoms with E-state index >= 15 is 0 Å². The van der Waals surface area contributed by atoms with Crippen molar-refractivity contribution in [2.75, 3.05) is 32.0 Å². The highest BCUT2D eigenvalue weighted by Gasteiger charge is 2.34. The molecule has 1 aromatic carbocycles. The Hall–Kier alpha value is -1.55. The van der Waals surface area contributed by atoms with Gasteiger partial charge in [0.1, 0.15) is 6.04 Å². The highest BCUT2D eigenvalue weighted by atomic mass is 16.2. The fourth-order valence-electron chi connectivity index (χ4n) is 3.53. The van der Waals surface area contributed by atoms with E-state index in [0.29, 0.717) is 6.04 Å². The zero-order valence-electron chi connectivity index (χ0n) is 13.0. The maximum atomic E-state index is 12.9. The van der Waals surface area contributed by atoms with Crippen LogP contribution in [-0.2, 0) is 11.2 Å². The first kappa shape index (κ1) is 14.4. The quantitative estimate of drug-likeness (QED) is 0.903. The second kappa shape index (κ2) is 6.06. The Morgan fingerprint density at radius 2 is 2.14 bits per heavy atom. The molecule has 0 aliphatic carbocycles. The Morgan fingerprint density at radius 1 is 1.33 bits per heavy atom. The zero-order chi connectivity index (χ0) is 14.8. The van der Waals surface area contributed by atoms with Crippen LogP contribution in [0, 0.1) is 0 Å². The van der Waals surface area contributed by atoms with E-state index in [2.05, 4.69) is 41.2 Å². The predicted octanol–water partition coefficient (Wildman–Crippen LogP) is 1.97. The SMILES string of the molecule is CCC1CN(C)CCCN1C(=O)[C@@H]1Cc2ccccc2N1. The van der Waals surface area contributed by atoms with Crippen molar-refractivity contribution in [3.05, 3.63) is 29.8 Å². The number of carbonyl (C=O) groups excluding carboxylic acids is 1. The number of hydrogen-bond donors (Lipinski definition) is 1. The van der Waals surface area contributed by atoms with Gasteiger partial charge < -0.3 is 15.1 Å². The Bertz CT molecular complexity index is 492. The number of fused-ring (bicyclic) bond motifs is 1. The van der Waals surface area contributed by atoms with Crippen molar-refractivity contribution >= 4 is 11.6 Å². The molecular weight excluding hydrogens is 262 g/mol. The smallest absolute Gasteiger partial charge is 0.245 e. The third-order valence-corrected chi connectivity index (χ3v) is 4.73. The summed E-state index contributed by atoms with van der Waals surface area (Å²) in [6.07, 6.45) is 2.91. The van der Waals surface area contributed by atoms with Crippen molar-refractivity contribution in [2.24, 2.45) is 0 Å². The van der Waals surface area contributed by atoms with Crippen LogP contribution >= 0.6 is 0 Å². The molecule has 0 saturated carbocycles. The van der Waals surface area contributed by atoms with Crippen LogP contribution in [0.4, 0.5) is 5.69 Å². The minimum atomic E-state index is -0.0835. The molecule has 2 aliphatic rings. The number of nitrogens with one attached hydrogen (secondary N) is 1. The highest BCUT2D eigenvalue weighted by molar-refractivity contribution is 5.87. The minimum absolute atomic E-state index is 0.0835. The van der Waals surface area contributed by atoms with E-state index in [0.717, 1.165) is 44.6 Å². The normalized spacial score (nSPS) is 26.1. The molecule has 2 heterocycles. The molecule has 1 fully saturated rings. The van der Waals surface area contributed by atoms with E-state index in [1.807, 2.05) is 12.1 Å². The largest absolute Gasteiger partial charge is 0.373 e. The second-order valence-corrected chi connectivity index (χ2v) is 6.27. The molecule has 21 heavy (non-hydrogen) atoms. The zero-order valence-corrected chi connectivity index (χ0v) is 13.0. The summed E-state index contributed by atoms with van der Waals surface area (Å²) in [5.41, 5.74) is 2.38. The van der Waals surface area contributed by atoms with Gasteiger partial charge in [-0.1, -0.05) is 25.1 Å². The number of likely N-dealkylation sites (N-methyl/N-ethyl adjacent to an activating group) is 1. The number of hydrogen-bond acceptors (Lipinski definition) is 3. The third kappa shape index (κ3) is 2.91. The van der Waals surface area contributed by atoms with Crippen LogP contribution in [-0.4, -0.2) is 54.5 Å². The Labute approximate surface area is 127 Å². The number of anilines is 1. The lowest BCUT2D eigenvalue weighted by atomic mass is 10.1. The summed E-state index contributed by atoms with van der Waals surface area (Å²) in [5.74, 6) is 0.272. The molecule has 1 amide bonds. The first-order chi connectivity index (χ1) is 10.2. The molecule has 0 aromatic heterocycles. The summed E-state index contributed by atoms with van der Waals surface area (Å²) in [6, 6.07) is 8.51. The lowest BCUT2D eigenvalue weighted by Gasteiger charge is -2.32. The van der Waals surface area contributed by atoms with E-state index in [9.17, 15) is 4.79 Å². The van der Waals surface area contributed by atoms with E-state index in [-0.39, 0.29) is 11.9 Å². The van der Waals surface area contributed by atoms with Crippen molar-refractivity contribution < 1.29 is 4.79 Å². The summed E-state index contributed by atoms with van der Waals surface area (Å²) < 4.78 is 0. The van der Waals surface area contributed by atoms with Gasteiger partial charge in [-0.05, 0) is 38.1 Å². The molecule has 114 valence electrons. The van der Waals surface area contributed by atoms with Crippen LogP contribution in [0.5, 0.6) is 0 Å². The highest BCUT2D eigenvalue weighted by Crippen LogP contribution is 2.27. The van der Waals surface area contributed by atoms with Crippen molar-refractivity contribution in [2.45, 2.75) is 38.3 Å². The lowest BCUT2D eigenvalue weighted by molar-refractivity contribution is -0.134. The predicted molar refractivity (Wildman–Crippen MR) is 85.5 cm³/mol. The molecule has 2 aliphatic heterocycles. The van der Waals surface area contributed by atoms with E-state index in [1.54, 1.807) is 0 Å². The standard InChI is InChI=1S/C17H25N3O/c1-3-14-12-19(2)9-6-10-20(14)17(21)16-11-13-7-4-5-8-15(13)18-16/h4-5,7-8,14,16,18H,3,6,9-12H2,1-2H3/t14?,16-/m0/s1. The van der Waals surface area contributed by atoms with Crippen LogP contribution in [0.1, 0.15) is 25.3 Å². The molecule has 2 atom stereocenters. The summed E-state index contributed by atoms with van der Waals surface area (Å²) in [6.45, 7) is 5.14. The molecule has 1 N–H and O–H groups in total. The van der Waals surface area contributed by atoms with Gasteiger partial charge >= 0.3 is 0 Å². The summed E-state index contributed by atoms with van der Waals surface area (Å²) in [5, 5.41) is 3.40. The third-order valence-electron chi connectivity index (χ3n) is 4.73. The Balaban J connectivity index is 1.73. The van der Waals surface area contributed by atoms with Crippen LogP contribution in [0.3, 0.4) is 0 Å². The topological polar surface area (TPSA) is 35.6 Å². The van der Waals surface area contributed by atoms with Gasteiger partial charge in [0.05, 0.1) is 0 Å². The van der Waals surface area contributed by atoms with Crippen LogP contribution in [0.2, 0.25) is 0 Å². The molecule has 4 nitrogen and oxygen atoms in total. The second-order valence-electron chi connectivity index (χ2n) is 6.27. The first-order valence-corrected chi connectivity index (χ1v) is 8.02. The van der Waals surface area contributed by atoms with Gasteiger partial charge in [-0.25, -0.2) is 0 Å². The number of benzene rings is 1. The first-order valence-electron chi connectivity index (χ1n) is 8.02. The van der Waals surface area contributed by atoms with Gasteiger partial charge in [-0.3, -0.25) is 4.79 Å². The maximum absolute atomic E-state index is 12.9. The van der Waals surface area contributed by atoms with Crippen molar-refractivity contribution in [1.29, 1.82) is 0 Å². The molecule has 0 bridgehead atoms. The average molecular weight is 287 g/mol. The van der Waals surface area contributed by atoms with Crippen molar-refractivity contribution in [1.82, 2.24) is 9.80 Å². The van der Waals surface area contributed by atoms with Gasteiger partial charge in [0.15, 0.2) is 0 Å². The fraction of sp³-hybridized carbons (Fsp3) is 0.588. The Kier molecular flexibility index (Phi) is 4.15. The average Bonchev–Trinajstić information content (AvgIpc) is 2.83. The van der Waals surface area contributed by atoms with E-state index in [4.69, 9.17) is 0 Å². The molecule has 1 unspecified atom stereocenters. The number of rotatable bonds is 2. The van der Waals surface area contributed by atoms with Crippen LogP contribution in [0.25, 0.3) is 0 Å². The van der Waals surface area contributed by atoms with Crippen LogP contribution < -0.4 is 5.32 Å². The van der Waals surface area contributed by atoms with Gasteiger partial charge in [-0.15, -0.1) is 0 Å². The van der Waals surface area contributed by atoms with Crippen LogP contribution in [0.15, 0.2) is 24.3 Å². The molecular formula is C17H25N3O. The summed E-state index contributed by atoms with van der Waals surface area (Å²) in [7, 11) is 2.15. The molecule has 3 rings (SSSR count).